The van der Waals surface area contributed by atoms with Gasteiger partial charge in [-0.2, -0.15) is 35.9 Å². The van der Waals surface area contributed by atoms with Gasteiger partial charge in [0.25, 0.3) is 0 Å². The maximum Gasteiger partial charge on any atom is 1.00 e. The van der Waals surface area contributed by atoms with Crippen molar-refractivity contribution in [2.45, 2.75) is 45.5 Å². The number of hydrogen-bond acceptors (Lipinski definition) is 1. The van der Waals surface area contributed by atoms with Crippen molar-refractivity contribution in [3.63, 3.8) is 0 Å². The quantitative estimate of drug-likeness (QED) is 0.595. The van der Waals surface area contributed by atoms with Crippen LogP contribution in [0.3, 0.4) is 0 Å². The van der Waals surface area contributed by atoms with E-state index in [0.717, 1.165) is 10.6 Å². The Kier molecular flexibility index (Phi) is 6.56. The van der Waals surface area contributed by atoms with E-state index >= 15 is 0 Å². The van der Waals surface area contributed by atoms with Gasteiger partial charge in [0.2, 0.25) is 0 Å². The number of benzene rings is 1. The Morgan fingerprint density at radius 1 is 1.29 bits per heavy atom. The first-order valence-corrected chi connectivity index (χ1v) is 8.81. The van der Waals surface area contributed by atoms with E-state index in [0.29, 0.717) is 6.61 Å². The Morgan fingerprint density at radius 2 is 1.88 bits per heavy atom. The van der Waals surface area contributed by atoms with Crippen molar-refractivity contribution in [2.75, 3.05) is 0 Å². The fraction of sp³-hybridized carbons (Fsp3) is 0.538. The first-order valence-electron chi connectivity index (χ1n) is 5.52. The van der Waals surface area contributed by atoms with E-state index in [-0.39, 0.29) is 23.9 Å². The van der Waals surface area contributed by atoms with Gasteiger partial charge in [-0.3, -0.25) is 0 Å². The van der Waals surface area contributed by atoms with Gasteiger partial charge >= 0.3 is 18.9 Å². The summed E-state index contributed by atoms with van der Waals surface area (Å²) in [4.78, 5) is 0. The predicted octanol–water partition coefficient (Wildman–Crippen LogP) is 1.67. The predicted molar refractivity (Wildman–Crippen MR) is 72.3 cm³/mol. The first kappa shape index (κ1) is 17.3. The maximum absolute atomic E-state index is 6.08. The average Bonchev–Trinajstić information content (AvgIpc) is 2.15. The third-order valence-corrected chi connectivity index (χ3v) is 7.95. The molecule has 0 heterocycles. The maximum atomic E-state index is 6.08. The van der Waals surface area contributed by atoms with Crippen LogP contribution in [-0.2, 0) is 11.0 Å². The van der Waals surface area contributed by atoms with Crippen molar-refractivity contribution >= 4 is 19.9 Å². The summed E-state index contributed by atoms with van der Waals surface area (Å²) in [5.41, 5.74) is 1.06. The van der Waals surface area contributed by atoms with Crippen LogP contribution in [0.1, 0.15) is 26.3 Å². The second kappa shape index (κ2) is 6.45. The van der Waals surface area contributed by atoms with Crippen molar-refractivity contribution < 1.29 is 23.3 Å². The molecular weight excluding hydrogens is 243 g/mol. The molecule has 90 valence electrons. The summed E-state index contributed by atoms with van der Waals surface area (Å²) in [5, 5.41) is 0.968. The largest absolute Gasteiger partial charge is 1.00 e. The molecule has 1 rings (SSSR count). The van der Waals surface area contributed by atoms with Crippen molar-refractivity contribution in [3.8, 4) is 0 Å². The zero-order valence-corrected chi connectivity index (χ0v) is 13.5. The Balaban J connectivity index is 0.00000256. The number of halogens is 1. The van der Waals surface area contributed by atoms with Crippen LogP contribution in [-0.4, -0.2) is 8.32 Å². The van der Waals surface area contributed by atoms with E-state index in [1.54, 1.807) is 6.07 Å². The summed E-state index contributed by atoms with van der Waals surface area (Å²) in [6, 6.07) is 8.75. The molecule has 0 aliphatic heterocycles. The minimum Gasteiger partial charge on any atom is -0.415 e. The van der Waals surface area contributed by atoms with E-state index in [9.17, 15) is 0 Å². The molecule has 0 N–H and O–H groups in total. The second-order valence-corrected chi connectivity index (χ2v) is 10.8. The van der Waals surface area contributed by atoms with E-state index in [1.165, 1.54) is 0 Å². The van der Waals surface area contributed by atoms with E-state index < -0.39 is 8.32 Å². The molecule has 0 aromatic heterocycles. The van der Waals surface area contributed by atoms with Crippen LogP contribution >= 0.6 is 11.6 Å². The molecule has 1 nitrogen and oxygen atoms in total. The van der Waals surface area contributed by atoms with Gasteiger partial charge in [-0.25, -0.2) is 0 Å². The molecule has 0 saturated heterocycles. The molecule has 0 unspecified atom stereocenters. The fourth-order valence-electron chi connectivity index (χ4n) is 1.00. The van der Waals surface area contributed by atoms with Crippen LogP contribution in [0.5, 0.6) is 0 Å². The van der Waals surface area contributed by atoms with Gasteiger partial charge in [0.1, 0.15) is 0 Å². The second-order valence-electron chi connectivity index (χ2n) is 5.58. The molecule has 4 heteroatoms. The Bertz CT molecular complexity index is 343. The van der Waals surface area contributed by atoms with Gasteiger partial charge in [-0.1, -0.05) is 25.8 Å². The molecule has 0 atom stereocenters. The van der Waals surface area contributed by atoms with Crippen LogP contribution in [0.15, 0.2) is 18.2 Å². The van der Waals surface area contributed by atoms with Crippen molar-refractivity contribution in [1.82, 2.24) is 0 Å². The molecular formula is C13H20ClLiOSi. The smallest absolute Gasteiger partial charge is 0.415 e. The first-order chi connectivity index (χ1) is 7.22. The fourth-order valence-corrected chi connectivity index (χ4v) is 2.07. The van der Waals surface area contributed by atoms with E-state index in [1.807, 2.05) is 12.1 Å². The van der Waals surface area contributed by atoms with Gasteiger partial charge in [0.05, 0.1) is 0 Å². The van der Waals surface area contributed by atoms with Crippen LogP contribution in [0, 0.1) is 6.07 Å². The molecule has 0 amide bonds. The van der Waals surface area contributed by atoms with Gasteiger partial charge in [-0.15, -0.1) is 5.56 Å². The molecule has 0 saturated carbocycles. The van der Waals surface area contributed by atoms with Crippen molar-refractivity contribution in [2.24, 2.45) is 0 Å². The Labute approximate surface area is 123 Å². The molecule has 0 radical (unpaired) electrons. The summed E-state index contributed by atoms with van der Waals surface area (Å²) in [6.07, 6.45) is 0. The summed E-state index contributed by atoms with van der Waals surface area (Å²) < 4.78 is 6.08. The number of rotatable bonds is 3. The SMILES string of the molecule is CC(C)(C)[Si](C)(C)OCc1[c-]cc(Cl)cc1.[Li+]. The molecule has 1 aromatic rings. The average molecular weight is 263 g/mol. The molecule has 0 fully saturated rings. The molecule has 1 aromatic carbocycles. The van der Waals surface area contributed by atoms with Crippen LogP contribution in [0.25, 0.3) is 0 Å². The van der Waals surface area contributed by atoms with E-state index in [2.05, 4.69) is 39.9 Å². The van der Waals surface area contributed by atoms with Crippen LogP contribution in [0.4, 0.5) is 0 Å². The normalized spacial score (nSPS) is 12.1. The third kappa shape index (κ3) is 5.20. The molecule has 17 heavy (non-hydrogen) atoms. The number of hydrogen-bond donors (Lipinski definition) is 0. The standard InChI is InChI=1S/C13H20ClOSi.Li/c1-13(2,3)16(4,5)15-10-11-6-8-12(14)9-7-11;/h6,8-9H,10H2,1-5H3;/q-1;+1. The zero-order chi connectivity index (χ0) is 12.4. The van der Waals surface area contributed by atoms with Gasteiger partial charge in [-0.05, 0) is 18.1 Å². The molecule has 0 bridgehead atoms. The summed E-state index contributed by atoms with van der Waals surface area (Å²) in [7, 11) is -1.65. The minimum atomic E-state index is -1.65. The Hall–Kier alpha value is 0.284. The van der Waals surface area contributed by atoms with Gasteiger partial charge in [0.15, 0.2) is 8.32 Å². The third-order valence-electron chi connectivity index (χ3n) is 3.23. The topological polar surface area (TPSA) is 9.23 Å². The molecule has 0 spiro atoms. The zero-order valence-electron chi connectivity index (χ0n) is 11.7. The van der Waals surface area contributed by atoms with Crippen LogP contribution < -0.4 is 18.9 Å². The summed E-state index contributed by atoms with van der Waals surface area (Å²) >= 11 is 5.81. The van der Waals surface area contributed by atoms with E-state index in [4.69, 9.17) is 16.0 Å². The van der Waals surface area contributed by atoms with Crippen molar-refractivity contribution in [3.05, 3.63) is 34.9 Å². The monoisotopic (exact) mass is 262 g/mol. The molecule has 0 aliphatic carbocycles. The summed E-state index contributed by atoms with van der Waals surface area (Å²) in [6.45, 7) is 11.9. The minimum absolute atomic E-state index is 0. The van der Waals surface area contributed by atoms with Gasteiger partial charge < -0.3 is 4.43 Å². The van der Waals surface area contributed by atoms with Crippen molar-refractivity contribution in [1.29, 1.82) is 0 Å². The summed E-state index contributed by atoms with van der Waals surface area (Å²) in [5.74, 6) is 0. The Morgan fingerprint density at radius 3 is 2.29 bits per heavy atom. The van der Waals surface area contributed by atoms with Gasteiger partial charge in [0, 0.05) is 6.61 Å². The van der Waals surface area contributed by atoms with Crippen LogP contribution in [0.2, 0.25) is 23.2 Å². The molecule has 0 aliphatic rings.